The molecular weight excluding hydrogens is 276 g/mol. The molecule has 1 fully saturated rings. The molecule has 1 aliphatic carbocycles. The number of hydrogen-bond acceptors (Lipinski definition) is 4. The maximum Gasteiger partial charge on any atom is 0.248 e. The average molecular weight is 293 g/mol. The van der Waals surface area contributed by atoms with E-state index >= 15 is 0 Å². The van der Waals surface area contributed by atoms with Gasteiger partial charge in [-0.25, -0.2) is 8.42 Å². The van der Waals surface area contributed by atoms with Gasteiger partial charge >= 0.3 is 0 Å². The van der Waals surface area contributed by atoms with E-state index in [1.54, 1.807) is 13.8 Å². The Morgan fingerprint density at radius 2 is 2.11 bits per heavy atom. The first-order chi connectivity index (χ1) is 8.48. The summed E-state index contributed by atoms with van der Waals surface area (Å²) in [6.45, 7) is 3.59. The van der Waals surface area contributed by atoms with E-state index in [2.05, 4.69) is 5.16 Å². The summed E-state index contributed by atoms with van der Waals surface area (Å²) in [5.41, 5.74) is 0.409. The van der Waals surface area contributed by atoms with Crippen LogP contribution in [-0.4, -0.2) is 36.3 Å². The van der Waals surface area contributed by atoms with Crippen LogP contribution in [-0.2, 0) is 10.0 Å². The fourth-order valence-corrected chi connectivity index (χ4v) is 4.48. The molecule has 0 atom stereocenters. The molecule has 0 aromatic carbocycles. The van der Waals surface area contributed by atoms with Crippen molar-refractivity contribution in [3.8, 4) is 0 Å². The Labute approximate surface area is 112 Å². The summed E-state index contributed by atoms with van der Waals surface area (Å²) in [6.07, 6.45) is 2.87. The lowest BCUT2D eigenvalue weighted by atomic mass is 9.93. The van der Waals surface area contributed by atoms with E-state index in [-0.39, 0.29) is 10.9 Å². The highest BCUT2D eigenvalue weighted by Gasteiger charge is 2.37. The summed E-state index contributed by atoms with van der Waals surface area (Å²) < 4.78 is 31.7. The molecule has 1 heterocycles. The monoisotopic (exact) mass is 292 g/mol. The maximum atomic E-state index is 12.6. The second-order valence-corrected chi connectivity index (χ2v) is 6.75. The highest BCUT2D eigenvalue weighted by Crippen LogP contribution is 2.32. The minimum Gasteiger partial charge on any atom is -0.360 e. The van der Waals surface area contributed by atoms with Crippen LogP contribution in [0.15, 0.2) is 9.42 Å². The predicted molar refractivity (Wildman–Crippen MR) is 68.2 cm³/mol. The molecule has 0 bridgehead atoms. The van der Waals surface area contributed by atoms with Crippen molar-refractivity contribution in [2.75, 3.05) is 12.4 Å². The van der Waals surface area contributed by atoms with Gasteiger partial charge in [0.05, 0.1) is 0 Å². The molecule has 1 aromatic rings. The molecule has 0 amide bonds. The Morgan fingerprint density at radius 3 is 2.50 bits per heavy atom. The van der Waals surface area contributed by atoms with E-state index in [0.29, 0.717) is 23.9 Å². The van der Waals surface area contributed by atoms with Crippen molar-refractivity contribution in [2.45, 2.75) is 44.0 Å². The summed E-state index contributed by atoms with van der Waals surface area (Å²) >= 11 is 5.72. The van der Waals surface area contributed by atoms with Crippen LogP contribution < -0.4 is 0 Å². The number of nitrogens with zero attached hydrogens (tertiary/aromatic N) is 2. The van der Waals surface area contributed by atoms with Gasteiger partial charge in [-0.1, -0.05) is 11.6 Å². The molecule has 2 rings (SSSR count). The van der Waals surface area contributed by atoms with Gasteiger partial charge in [-0.15, -0.1) is 11.6 Å². The largest absolute Gasteiger partial charge is 0.360 e. The number of alkyl halides is 1. The van der Waals surface area contributed by atoms with Crippen molar-refractivity contribution >= 4 is 21.6 Å². The van der Waals surface area contributed by atoms with Gasteiger partial charge in [-0.3, -0.25) is 0 Å². The van der Waals surface area contributed by atoms with Crippen LogP contribution in [0.5, 0.6) is 0 Å². The molecule has 102 valence electrons. The standard InChI is InChI=1S/C11H17ClN2O3S/c1-8-11(9(2)17-13-8)18(15,16)14(7-6-12)10-4-3-5-10/h10H,3-7H2,1-2H3. The Morgan fingerprint density at radius 1 is 1.44 bits per heavy atom. The van der Waals surface area contributed by atoms with Crippen molar-refractivity contribution in [1.82, 2.24) is 9.46 Å². The van der Waals surface area contributed by atoms with E-state index in [0.717, 1.165) is 19.3 Å². The minimum atomic E-state index is -3.55. The highest BCUT2D eigenvalue weighted by atomic mass is 35.5. The second-order valence-electron chi connectivity index (χ2n) is 4.54. The molecule has 0 aliphatic heterocycles. The summed E-state index contributed by atoms with van der Waals surface area (Å²) in [6, 6.07) is 0.0717. The molecule has 0 radical (unpaired) electrons. The topological polar surface area (TPSA) is 63.4 Å². The molecule has 7 heteroatoms. The molecule has 0 unspecified atom stereocenters. The van der Waals surface area contributed by atoms with Crippen LogP contribution in [0.25, 0.3) is 0 Å². The smallest absolute Gasteiger partial charge is 0.248 e. The van der Waals surface area contributed by atoms with Gasteiger partial charge in [0.25, 0.3) is 0 Å². The SMILES string of the molecule is Cc1noc(C)c1S(=O)(=O)N(CCCl)C1CCC1. The number of sulfonamides is 1. The Kier molecular flexibility index (Phi) is 3.99. The zero-order valence-corrected chi connectivity index (χ0v) is 12.1. The van der Waals surface area contributed by atoms with E-state index in [1.807, 2.05) is 0 Å². The fourth-order valence-electron chi connectivity index (χ4n) is 2.22. The third-order valence-electron chi connectivity index (χ3n) is 3.32. The molecule has 1 aromatic heterocycles. The zero-order valence-electron chi connectivity index (χ0n) is 10.5. The van der Waals surface area contributed by atoms with Crippen LogP contribution in [0.1, 0.15) is 30.7 Å². The van der Waals surface area contributed by atoms with E-state index in [1.165, 1.54) is 4.31 Å². The van der Waals surface area contributed by atoms with Gasteiger partial charge in [0.1, 0.15) is 10.6 Å². The fraction of sp³-hybridized carbons (Fsp3) is 0.727. The van der Waals surface area contributed by atoms with Crippen molar-refractivity contribution in [2.24, 2.45) is 0 Å². The molecule has 0 N–H and O–H groups in total. The van der Waals surface area contributed by atoms with Crippen LogP contribution >= 0.6 is 11.6 Å². The average Bonchev–Trinajstić information content (AvgIpc) is 2.55. The third-order valence-corrected chi connectivity index (χ3v) is 5.69. The van der Waals surface area contributed by atoms with Gasteiger partial charge in [0, 0.05) is 18.5 Å². The van der Waals surface area contributed by atoms with Crippen LogP contribution in [0, 0.1) is 13.8 Å². The lowest BCUT2D eigenvalue weighted by Crippen LogP contribution is -2.45. The molecule has 1 aliphatic rings. The maximum absolute atomic E-state index is 12.6. The lowest BCUT2D eigenvalue weighted by molar-refractivity contribution is 0.227. The van der Waals surface area contributed by atoms with Gasteiger partial charge in [0.15, 0.2) is 5.76 Å². The molecule has 5 nitrogen and oxygen atoms in total. The number of hydrogen-bond donors (Lipinski definition) is 0. The van der Waals surface area contributed by atoms with Crippen molar-refractivity contribution in [3.05, 3.63) is 11.5 Å². The molecule has 18 heavy (non-hydrogen) atoms. The summed E-state index contributed by atoms with van der Waals surface area (Å²) in [7, 11) is -3.55. The first-order valence-corrected chi connectivity index (χ1v) is 7.96. The van der Waals surface area contributed by atoms with Crippen molar-refractivity contribution in [3.63, 3.8) is 0 Å². The zero-order chi connectivity index (χ0) is 13.3. The summed E-state index contributed by atoms with van der Waals surface area (Å²) in [4.78, 5) is 0.194. The summed E-state index contributed by atoms with van der Waals surface area (Å²) in [5, 5.41) is 3.71. The first-order valence-electron chi connectivity index (χ1n) is 5.99. The minimum absolute atomic E-state index is 0.0717. The Hall–Kier alpha value is -0.590. The first kappa shape index (κ1) is 13.8. The number of aryl methyl sites for hydroxylation is 2. The Balaban J connectivity index is 2.38. The highest BCUT2D eigenvalue weighted by molar-refractivity contribution is 7.89. The Bertz CT molecular complexity index is 503. The van der Waals surface area contributed by atoms with Gasteiger partial charge < -0.3 is 4.52 Å². The van der Waals surface area contributed by atoms with Crippen LogP contribution in [0.3, 0.4) is 0 Å². The van der Waals surface area contributed by atoms with E-state index < -0.39 is 10.0 Å². The van der Waals surface area contributed by atoms with Gasteiger partial charge in [0.2, 0.25) is 10.0 Å². The van der Waals surface area contributed by atoms with E-state index in [4.69, 9.17) is 16.1 Å². The quantitative estimate of drug-likeness (QED) is 0.780. The molecule has 1 saturated carbocycles. The molecule has 0 spiro atoms. The van der Waals surface area contributed by atoms with Gasteiger partial charge in [-0.05, 0) is 26.7 Å². The molecule has 0 saturated heterocycles. The van der Waals surface area contributed by atoms with Gasteiger partial charge in [-0.2, -0.15) is 4.31 Å². The third kappa shape index (κ3) is 2.29. The molecular formula is C11H17ClN2O3S. The lowest BCUT2D eigenvalue weighted by Gasteiger charge is -2.36. The summed E-state index contributed by atoms with van der Waals surface area (Å²) in [5.74, 6) is 0.630. The number of halogens is 1. The van der Waals surface area contributed by atoms with E-state index in [9.17, 15) is 8.42 Å². The predicted octanol–water partition coefficient (Wildman–Crippen LogP) is 2.07. The number of rotatable bonds is 5. The van der Waals surface area contributed by atoms with Crippen molar-refractivity contribution in [1.29, 1.82) is 0 Å². The second kappa shape index (κ2) is 5.19. The normalized spacial score (nSPS) is 17.1. The van der Waals surface area contributed by atoms with Crippen LogP contribution in [0.2, 0.25) is 0 Å². The van der Waals surface area contributed by atoms with Crippen LogP contribution in [0.4, 0.5) is 0 Å². The van der Waals surface area contributed by atoms with Crippen molar-refractivity contribution < 1.29 is 12.9 Å². The number of aromatic nitrogens is 1.